The highest BCUT2D eigenvalue weighted by molar-refractivity contribution is 5.76. The van der Waals surface area contributed by atoms with E-state index in [9.17, 15) is 4.79 Å². The number of carbonyl (C=O) groups excluding carboxylic acids is 1. The van der Waals surface area contributed by atoms with Gasteiger partial charge in [0.05, 0.1) is 6.61 Å². The van der Waals surface area contributed by atoms with Crippen molar-refractivity contribution in [1.82, 2.24) is 0 Å². The fraction of sp³-hybridized carbons (Fsp3) is 0.417. The zero-order chi connectivity index (χ0) is 12.3. The summed E-state index contributed by atoms with van der Waals surface area (Å²) >= 11 is 0. The summed E-state index contributed by atoms with van der Waals surface area (Å²) < 4.78 is 15.4. The number of fused-ring (bicyclic) bond motifs is 1. The Labute approximate surface area is 99.9 Å². The monoisotopic (exact) mass is 237 g/mol. The molecule has 2 rings (SSSR count). The van der Waals surface area contributed by atoms with Crippen LogP contribution in [-0.2, 0) is 9.53 Å². The minimum absolute atomic E-state index is 0.216. The fourth-order valence-corrected chi connectivity index (χ4v) is 1.61. The van der Waals surface area contributed by atoms with Crippen molar-refractivity contribution in [3.8, 4) is 11.5 Å². The summed E-state index contributed by atoms with van der Waals surface area (Å²) in [6, 6.07) is 5.56. The van der Waals surface area contributed by atoms with E-state index in [-0.39, 0.29) is 19.3 Å². The van der Waals surface area contributed by atoms with E-state index in [0.717, 1.165) is 11.4 Å². The first-order valence-corrected chi connectivity index (χ1v) is 5.47. The Morgan fingerprint density at radius 2 is 2.18 bits per heavy atom. The van der Waals surface area contributed by atoms with Crippen molar-refractivity contribution in [2.24, 2.45) is 0 Å². The number of ether oxygens (including phenoxy) is 3. The molecule has 0 aliphatic carbocycles. The van der Waals surface area contributed by atoms with Gasteiger partial charge < -0.3 is 19.1 Å². The van der Waals surface area contributed by atoms with E-state index >= 15 is 0 Å². The third kappa shape index (κ3) is 2.61. The Hall–Kier alpha value is -1.91. The summed E-state index contributed by atoms with van der Waals surface area (Å²) in [7, 11) is 1.83. The van der Waals surface area contributed by atoms with Gasteiger partial charge in [-0.1, -0.05) is 0 Å². The largest absolute Gasteiger partial charge is 0.465 e. The standard InChI is InChI=1S/C12H15NO4/c1-3-15-12(14)7-13(2)9-4-5-10-11(6-9)17-8-16-10/h4-6H,3,7-8H2,1-2H3. The first kappa shape index (κ1) is 11.6. The van der Waals surface area contributed by atoms with Gasteiger partial charge in [-0.25, -0.2) is 0 Å². The van der Waals surface area contributed by atoms with Crippen molar-refractivity contribution in [2.75, 3.05) is 31.9 Å². The van der Waals surface area contributed by atoms with Crippen LogP contribution < -0.4 is 14.4 Å². The number of nitrogens with zero attached hydrogens (tertiary/aromatic N) is 1. The first-order valence-electron chi connectivity index (χ1n) is 5.47. The second kappa shape index (κ2) is 4.95. The summed E-state index contributed by atoms with van der Waals surface area (Å²) in [6.07, 6.45) is 0. The van der Waals surface area contributed by atoms with Crippen LogP contribution in [-0.4, -0.2) is 33.0 Å². The van der Waals surface area contributed by atoms with Gasteiger partial charge in [0, 0.05) is 18.8 Å². The van der Waals surface area contributed by atoms with Crippen LogP contribution in [0.25, 0.3) is 0 Å². The number of hydrogen-bond donors (Lipinski definition) is 0. The van der Waals surface area contributed by atoms with Gasteiger partial charge in [-0.15, -0.1) is 0 Å². The molecule has 92 valence electrons. The van der Waals surface area contributed by atoms with Crippen LogP contribution in [0.4, 0.5) is 5.69 Å². The van der Waals surface area contributed by atoms with Crippen LogP contribution in [0.3, 0.4) is 0 Å². The molecule has 1 heterocycles. The van der Waals surface area contributed by atoms with Crippen LogP contribution >= 0.6 is 0 Å². The van der Waals surface area contributed by atoms with Crippen LogP contribution in [0.15, 0.2) is 18.2 Å². The smallest absolute Gasteiger partial charge is 0.325 e. The van der Waals surface area contributed by atoms with Gasteiger partial charge >= 0.3 is 5.97 Å². The van der Waals surface area contributed by atoms with Crippen molar-refractivity contribution in [1.29, 1.82) is 0 Å². The van der Waals surface area contributed by atoms with E-state index in [1.807, 2.05) is 25.2 Å². The molecule has 5 heteroatoms. The number of esters is 1. The molecule has 0 N–H and O–H groups in total. The average Bonchev–Trinajstić information content (AvgIpc) is 2.75. The Kier molecular flexibility index (Phi) is 3.37. The molecular formula is C12H15NO4. The molecule has 0 bridgehead atoms. The van der Waals surface area contributed by atoms with Gasteiger partial charge in [0.2, 0.25) is 6.79 Å². The molecule has 0 saturated heterocycles. The maximum Gasteiger partial charge on any atom is 0.325 e. The summed E-state index contributed by atoms with van der Waals surface area (Å²) in [5.74, 6) is 1.20. The second-order valence-corrected chi connectivity index (χ2v) is 3.70. The second-order valence-electron chi connectivity index (χ2n) is 3.70. The molecule has 1 aliphatic rings. The predicted octanol–water partition coefficient (Wildman–Crippen LogP) is 1.41. The number of benzene rings is 1. The lowest BCUT2D eigenvalue weighted by Gasteiger charge is -2.18. The molecule has 0 fully saturated rings. The van der Waals surface area contributed by atoms with Crippen molar-refractivity contribution in [3.63, 3.8) is 0 Å². The van der Waals surface area contributed by atoms with Gasteiger partial charge in [0.1, 0.15) is 6.54 Å². The van der Waals surface area contributed by atoms with Gasteiger partial charge in [-0.3, -0.25) is 4.79 Å². The number of hydrogen-bond acceptors (Lipinski definition) is 5. The minimum Gasteiger partial charge on any atom is -0.465 e. The van der Waals surface area contributed by atoms with E-state index in [1.54, 1.807) is 11.8 Å². The molecule has 0 unspecified atom stereocenters. The fourth-order valence-electron chi connectivity index (χ4n) is 1.61. The Balaban J connectivity index is 2.04. The minimum atomic E-state index is -0.243. The Morgan fingerprint density at radius 3 is 2.94 bits per heavy atom. The molecular weight excluding hydrogens is 222 g/mol. The number of rotatable bonds is 4. The average molecular weight is 237 g/mol. The van der Waals surface area contributed by atoms with E-state index in [0.29, 0.717) is 12.4 Å². The van der Waals surface area contributed by atoms with E-state index in [4.69, 9.17) is 14.2 Å². The number of likely N-dealkylation sites (N-methyl/N-ethyl adjacent to an activating group) is 1. The van der Waals surface area contributed by atoms with Gasteiger partial charge in [0.25, 0.3) is 0 Å². The van der Waals surface area contributed by atoms with Gasteiger partial charge in [0.15, 0.2) is 11.5 Å². The lowest BCUT2D eigenvalue weighted by Crippen LogP contribution is -2.26. The van der Waals surface area contributed by atoms with Crippen LogP contribution in [0, 0.1) is 0 Å². The molecule has 1 aliphatic heterocycles. The maximum atomic E-state index is 11.3. The third-order valence-electron chi connectivity index (χ3n) is 2.47. The van der Waals surface area contributed by atoms with Crippen molar-refractivity contribution >= 4 is 11.7 Å². The number of carbonyl (C=O) groups is 1. The molecule has 0 saturated carbocycles. The lowest BCUT2D eigenvalue weighted by molar-refractivity contribution is -0.141. The molecule has 1 aromatic rings. The summed E-state index contributed by atoms with van der Waals surface area (Å²) in [6.45, 7) is 2.65. The molecule has 1 aromatic carbocycles. The maximum absolute atomic E-state index is 11.3. The zero-order valence-electron chi connectivity index (χ0n) is 9.93. The molecule has 0 aromatic heterocycles. The van der Waals surface area contributed by atoms with Crippen LogP contribution in [0.2, 0.25) is 0 Å². The van der Waals surface area contributed by atoms with Crippen molar-refractivity contribution in [2.45, 2.75) is 6.92 Å². The number of anilines is 1. The normalized spacial score (nSPS) is 12.4. The lowest BCUT2D eigenvalue weighted by atomic mass is 10.2. The van der Waals surface area contributed by atoms with E-state index in [1.165, 1.54) is 0 Å². The van der Waals surface area contributed by atoms with Crippen LogP contribution in [0.1, 0.15) is 6.92 Å². The zero-order valence-corrected chi connectivity index (χ0v) is 9.93. The predicted molar refractivity (Wildman–Crippen MR) is 62.5 cm³/mol. The van der Waals surface area contributed by atoms with E-state index in [2.05, 4.69) is 0 Å². The molecule has 0 atom stereocenters. The highest BCUT2D eigenvalue weighted by Gasteiger charge is 2.15. The Morgan fingerprint density at radius 1 is 1.41 bits per heavy atom. The SMILES string of the molecule is CCOC(=O)CN(C)c1ccc2c(c1)OCO2. The molecule has 0 spiro atoms. The van der Waals surface area contributed by atoms with Gasteiger partial charge in [-0.05, 0) is 19.1 Å². The van der Waals surface area contributed by atoms with Crippen molar-refractivity contribution in [3.05, 3.63) is 18.2 Å². The van der Waals surface area contributed by atoms with E-state index < -0.39 is 0 Å². The molecule has 0 radical (unpaired) electrons. The Bertz CT molecular complexity index is 419. The van der Waals surface area contributed by atoms with Crippen LogP contribution in [0.5, 0.6) is 11.5 Å². The summed E-state index contributed by atoms with van der Waals surface area (Å²) in [4.78, 5) is 13.1. The quantitative estimate of drug-likeness (QED) is 0.741. The summed E-state index contributed by atoms with van der Waals surface area (Å²) in [5, 5.41) is 0. The third-order valence-corrected chi connectivity index (χ3v) is 2.47. The first-order chi connectivity index (χ1) is 8.20. The highest BCUT2D eigenvalue weighted by atomic mass is 16.7. The highest BCUT2D eigenvalue weighted by Crippen LogP contribution is 2.35. The molecule has 0 amide bonds. The van der Waals surface area contributed by atoms with Crippen molar-refractivity contribution < 1.29 is 19.0 Å². The summed E-state index contributed by atoms with van der Waals surface area (Å²) in [5.41, 5.74) is 0.891. The molecule has 17 heavy (non-hydrogen) atoms. The van der Waals surface area contributed by atoms with Gasteiger partial charge in [-0.2, -0.15) is 0 Å². The molecule has 5 nitrogen and oxygen atoms in total. The topological polar surface area (TPSA) is 48.0 Å².